The molecule has 0 spiro atoms. The second-order valence-corrected chi connectivity index (χ2v) is 6.66. The van der Waals surface area contributed by atoms with Crippen molar-refractivity contribution in [3.8, 4) is 0 Å². The van der Waals surface area contributed by atoms with Gasteiger partial charge in [0.2, 0.25) is 5.91 Å². The van der Waals surface area contributed by atoms with Crippen LogP contribution in [0.15, 0.2) is 29.8 Å². The van der Waals surface area contributed by atoms with Crippen molar-refractivity contribution in [3.63, 3.8) is 0 Å². The molecule has 3 rings (SSSR count). The number of likely N-dealkylation sites (tertiary alicyclic amines) is 1. The predicted octanol–water partition coefficient (Wildman–Crippen LogP) is 1.96. The number of hydrogen-bond acceptors (Lipinski definition) is 4. The number of carbonyl (C=O) groups excluding carboxylic acids is 2. The summed E-state index contributed by atoms with van der Waals surface area (Å²) in [5.74, 6) is -0.638. The van der Waals surface area contributed by atoms with Crippen LogP contribution in [0, 0.1) is 0 Å². The Kier molecular flexibility index (Phi) is 4.49. The lowest BCUT2D eigenvalue weighted by Gasteiger charge is -2.24. The van der Waals surface area contributed by atoms with Gasteiger partial charge in [-0.25, -0.2) is 0 Å². The van der Waals surface area contributed by atoms with Crippen molar-refractivity contribution in [1.82, 2.24) is 9.47 Å². The average molecular weight is 332 g/mol. The van der Waals surface area contributed by atoms with E-state index < -0.39 is 5.91 Å². The maximum absolute atomic E-state index is 12.3. The minimum atomic E-state index is -0.524. The second kappa shape index (κ2) is 6.55. The van der Waals surface area contributed by atoms with Crippen molar-refractivity contribution in [1.29, 1.82) is 0 Å². The van der Waals surface area contributed by atoms with Gasteiger partial charge in [-0.05, 0) is 43.0 Å². The van der Waals surface area contributed by atoms with E-state index in [9.17, 15) is 9.59 Å². The number of nitrogens with two attached hydrogens (primary N) is 1. The molecule has 1 fully saturated rings. The monoisotopic (exact) mass is 332 g/mol. The number of amides is 2. The van der Waals surface area contributed by atoms with Crippen LogP contribution in [0.3, 0.4) is 0 Å². The molecule has 2 aromatic heterocycles. The van der Waals surface area contributed by atoms with Crippen molar-refractivity contribution in [2.45, 2.75) is 18.9 Å². The maximum Gasteiger partial charge on any atom is 0.251 e. The van der Waals surface area contributed by atoms with Crippen LogP contribution in [-0.4, -0.2) is 34.4 Å². The highest BCUT2D eigenvalue weighted by molar-refractivity contribution is 7.14. The number of hydrogen-bond donors (Lipinski definition) is 2. The first-order valence-corrected chi connectivity index (χ1v) is 8.46. The first kappa shape index (κ1) is 15.8. The summed E-state index contributed by atoms with van der Waals surface area (Å²) in [4.78, 5) is 25.8. The van der Waals surface area contributed by atoms with Gasteiger partial charge in [-0.1, -0.05) is 0 Å². The van der Waals surface area contributed by atoms with Crippen LogP contribution in [0.1, 0.15) is 34.9 Å². The minimum Gasteiger partial charge on any atom is -0.366 e. The van der Waals surface area contributed by atoms with E-state index in [-0.39, 0.29) is 11.9 Å². The number of anilines is 1. The summed E-state index contributed by atoms with van der Waals surface area (Å²) in [5.41, 5.74) is 6.90. The SMILES string of the molecule is Cn1cccc1[C@H]1CCCN1CC(=O)Nc1sccc1C(N)=O. The molecule has 1 atom stereocenters. The molecule has 1 saturated heterocycles. The highest BCUT2D eigenvalue weighted by Crippen LogP contribution is 2.31. The normalized spacial score (nSPS) is 18.2. The number of primary amides is 1. The summed E-state index contributed by atoms with van der Waals surface area (Å²) in [7, 11) is 2.02. The number of rotatable bonds is 5. The third-order valence-electron chi connectivity index (χ3n) is 4.22. The summed E-state index contributed by atoms with van der Waals surface area (Å²) >= 11 is 1.31. The van der Waals surface area contributed by atoms with Gasteiger partial charge >= 0.3 is 0 Å². The van der Waals surface area contributed by atoms with Crippen molar-refractivity contribution in [3.05, 3.63) is 41.0 Å². The molecule has 7 heteroatoms. The predicted molar refractivity (Wildman–Crippen MR) is 90.4 cm³/mol. The Labute approximate surface area is 138 Å². The molecule has 0 bridgehead atoms. The lowest BCUT2D eigenvalue weighted by molar-refractivity contribution is -0.117. The fraction of sp³-hybridized carbons (Fsp3) is 0.375. The topological polar surface area (TPSA) is 80.4 Å². The van der Waals surface area contributed by atoms with Gasteiger partial charge in [0.15, 0.2) is 0 Å². The molecule has 0 unspecified atom stereocenters. The average Bonchev–Trinajstić information content (AvgIpc) is 3.19. The Morgan fingerprint density at radius 1 is 1.43 bits per heavy atom. The summed E-state index contributed by atoms with van der Waals surface area (Å²) in [6.07, 6.45) is 4.15. The van der Waals surface area contributed by atoms with Gasteiger partial charge in [-0.2, -0.15) is 0 Å². The number of aryl methyl sites for hydroxylation is 1. The summed E-state index contributed by atoms with van der Waals surface area (Å²) in [5, 5.41) is 5.08. The fourth-order valence-electron chi connectivity index (χ4n) is 3.12. The summed E-state index contributed by atoms with van der Waals surface area (Å²) in [6, 6.07) is 6.02. The van der Waals surface area contributed by atoms with E-state index >= 15 is 0 Å². The first-order valence-electron chi connectivity index (χ1n) is 7.58. The Balaban J connectivity index is 1.66. The molecule has 122 valence electrons. The quantitative estimate of drug-likeness (QED) is 0.878. The Morgan fingerprint density at radius 3 is 2.96 bits per heavy atom. The molecular weight excluding hydrogens is 312 g/mol. The molecule has 0 aliphatic carbocycles. The number of thiophene rings is 1. The van der Waals surface area contributed by atoms with Gasteiger partial charge in [0, 0.05) is 18.9 Å². The number of nitrogens with zero attached hydrogens (tertiary/aromatic N) is 2. The zero-order valence-electron chi connectivity index (χ0n) is 13.0. The zero-order chi connectivity index (χ0) is 16.4. The van der Waals surface area contributed by atoms with Gasteiger partial charge < -0.3 is 15.6 Å². The molecule has 0 saturated carbocycles. The number of aromatic nitrogens is 1. The first-order chi connectivity index (χ1) is 11.1. The molecule has 3 N–H and O–H groups in total. The third-order valence-corrected chi connectivity index (χ3v) is 5.05. The molecule has 2 aromatic rings. The molecular formula is C16H20N4O2S. The molecule has 0 radical (unpaired) electrons. The van der Waals surface area contributed by atoms with E-state index in [1.807, 2.05) is 19.3 Å². The third kappa shape index (κ3) is 3.30. The van der Waals surface area contributed by atoms with Crippen LogP contribution in [0.5, 0.6) is 0 Å². The summed E-state index contributed by atoms with van der Waals surface area (Å²) in [6.45, 7) is 1.21. The van der Waals surface area contributed by atoms with Crippen molar-refractivity contribution in [2.75, 3.05) is 18.4 Å². The van der Waals surface area contributed by atoms with E-state index in [0.29, 0.717) is 17.1 Å². The van der Waals surface area contributed by atoms with Crippen LogP contribution >= 0.6 is 11.3 Å². The van der Waals surface area contributed by atoms with Gasteiger partial charge in [0.25, 0.3) is 5.91 Å². The largest absolute Gasteiger partial charge is 0.366 e. The van der Waals surface area contributed by atoms with E-state index in [1.165, 1.54) is 17.0 Å². The smallest absolute Gasteiger partial charge is 0.251 e. The van der Waals surface area contributed by atoms with Gasteiger partial charge in [0.05, 0.1) is 18.2 Å². The fourth-order valence-corrected chi connectivity index (χ4v) is 3.93. The maximum atomic E-state index is 12.3. The molecule has 3 heterocycles. The van der Waals surface area contributed by atoms with Gasteiger partial charge in [0.1, 0.15) is 5.00 Å². The molecule has 6 nitrogen and oxygen atoms in total. The molecule has 23 heavy (non-hydrogen) atoms. The van der Waals surface area contributed by atoms with Crippen LogP contribution < -0.4 is 11.1 Å². The zero-order valence-corrected chi connectivity index (χ0v) is 13.8. The van der Waals surface area contributed by atoms with E-state index in [0.717, 1.165) is 19.4 Å². The Morgan fingerprint density at radius 2 is 2.26 bits per heavy atom. The molecule has 0 aromatic carbocycles. The lowest BCUT2D eigenvalue weighted by Crippen LogP contribution is -2.33. The van der Waals surface area contributed by atoms with Crippen LogP contribution in [0.25, 0.3) is 0 Å². The number of nitrogens with one attached hydrogen (secondary N) is 1. The number of carbonyl (C=O) groups is 2. The van der Waals surface area contributed by atoms with Crippen LogP contribution in [-0.2, 0) is 11.8 Å². The standard InChI is InChI=1S/C16H20N4O2S/c1-19-7-2-4-12(19)13-5-3-8-20(13)10-14(21)18-16-11(15(17)22)6-9-23-16/h2,4,6-7,9,13H,3,5,8,10H2,1H3,(H2,17,22)(H,18,21)/t13-/m1/s1. The minimum absolute atomic E-state index is 0.115. The van der Waals surface area contributed by atoms with Crippen molar-refractivity contribution >= 4 is 28.2 Å². The van der Waals surface area contributed by atoms with Crippen molar-refractivity contribution in [2.24, 2.45) is 12.8 Å². The van der Waals surface area contributed by atoms with Gasteiger partial charge in [-0.15, -0.1) is 11.3 Å². The van der Waals surface area contributed by atoms with E-state index in [2.05, 4.69) is 20.9 Å². The molecule has 2 amide bonds. The van der Waals surface area contributed by atoms with E-state index in [4.69, 9.17) is 5.73 Å². The van der Waals surface area contributed by atoms with E-state index in [1.54, 1.807) is 11.4 Å². The molecule has 1 aliphatic heterocycles. The lowest BCUT2D eigenvalue weighted by atomic mass is 10.1. The Bertz CT molecular complexity index is 721. The van der Waals surface area contributed by atoms with Crippen molar-refractivity contribution < 1.29 is 9.59 Å². The summed E-state index contributed by atoms with van der Waals surface area (Å²) < 4.78 is 2.10. The van der Waals surface area contributed by atoms with Crippen LogP contribution in [0.2, 0.25) is 0 Å². The highest BCUT2D eigenvalue weighted by Gasteiger charge is 2.29. The second-order valence-electron chi connectivity index (χ2n) is 5.75. The Hall–Kier alpha value is -2.12. The molecule has 1 aliphatic rings. The van der Waals surface area contributed by atoms with Gasteiger partial charge in [-0.3, -0.25) is 14.5 Å². The van der Waals surface area contributed by atoms with Crippen LogP contribution in [0.4, 0.5) is 5.00 Å². The highest BCUT2D eigenvalue weighted by atomic mass is 32.1.